The smallest absolute Gasteiger partial charge is 0.472 e. The van der Waals surface area contributed by atoms with Crippen LogP contribution in [0.1, 0.15) is 245 Å². The summed E-state index contributed by atoms with van der Waals surface area (Å²) in [6.45, 7) is 3.91. The van der Waals surface area contributed by atoms with Crippen molar-refractivity contribution in [3.63, 3.8) is 0 Å². The minimum absolute atomic E-state index is 0.0185. The molecule has 0 bridgehead atoms. The average molecular weight is 860 g/mol. The van der Waals surface area contributed by atoms with Crippen molar-refractivity contribution in [1.29, 1.82) is 0 Å². The van der Waals surface area contributed by atoms with E-state index in [1.54, 1.807) is 0 Å². The lowest BCUT2D eigenvalue weighted by molar-refractivity contribution is -0.154. The number of aliphatic carboxylic acids is 1. The zero-order valence-electron chi connectivity index (χ0n) is 38.4. The monoisotopic (exact) mass is 860 g/mol. The van der Waals surface area contributed by atoms with Gasteiger partial charge in [-0.25, -0.2) is 4.57 Å². The van der Waals surface area contributed by atoms with E-state index in [4.69, 9.17) is 29.4 Å². The lowest BCUT2D eigenvalue weighted by Crippen LogP contribution is -2.34. The molecule has 0 amide bonds. The number of allylic oxidation sites excluding steroid dienone is 2. The second-order valence-electron chi connectivity index (χ2n) is 17.0. The number of hydrogen-bond donors (Lipinski definition) is 3. The average Bonchev–Trinajstić information content (AvgIpc) is 3.21. The van der Waals surface area contributed by atoms with Gasteiger partial charge in [0.05, 0.1) is 19.8 Å². The molecule has 0 aliphatic rings. The molecule has 11 heteroatoms. The summed E-state index contributed by atoms with van der Waals surface area (Å²) < 4.78 is 33.4. The Kier molecular flexibility index (Phi) is 43.8. The molecule has 0 rings (SSSR count). The Hall–Kier alpha value is -1.29. The van der Waals surface area contributed by atoms with Crippen LogP contribution >= 0.6 is 7.82 Å². The molecule has 3 atom stereocenters. The summed E-state index contributed by atoms with van der Waals surface area (Å²) >= 11 is 0. The van der Waals surface area contributed by atoms with Gasteiger partial charge in [0.15, 0.2) is 0 Å². The molecule has 350 valence electrons. The highest BCUT2D eigenvalue weighted by atomic mass is 31.2. The summed E-state index contributed by atoms with van der Waals surface area (Å²) in [7, 11) is -4.62. The van der Waals surface area contributed by atoms with Crippen molar-refractivity contribution in [2.75, 3.05) is 26.4 Å². The van der Waals surface area contributed by atoms with E-state index in [0.717, 1.165) is 44.9 Å². The zero-order valence-corrected chi connectivity index (χ0v) is 39.3. The number of esters is 1. The molecule has 0 aliphatic heterocycles. The van der Waals surface area contributed by atoms with Crippen molar-refractivity contribution in [2.24, 2.45) is 5.73 Å². The Morgan fingerprint density at radius 3 is 1.29 bits per heavy atom. The number of hydrogen-bond acceptors (Lipinski definition) is 8. The lowest BCUT2D eigenvalue weighted by Gasteiger charge is -2.20. The first-order valence-corrected chi connectivity index (χ1v) is 26.2. The summed E-state index contributed by atoms with van der Waals surface area (Å²) in [5, 5.41) is 8.91. The van der Waals surface area contributed by atoms with Gasteiger partial charge in [-0.1, -0.05) is 212 Å². The van der Waals surface area contributed by atoms with Crippen LogP contribution in [0.2, 0.25) is 0 Å². The quantitative estimate of drug-likeness (QED) is 0.0233. The van der Waals surface area contributed by atoms with E-state index < -0.39 is 45.1 Å². The minimum atomic E-state index is -4.62. The normalized spacial score (nSPS) is 13.8. The summed E-state index contributed by atoms with van der Waals surface area (Å²) in [5.41, 5.74) is 5.37. The molecule has 10 nitrogen and oxygen atoms in total. The predicted octanol–water partition coefficient (Wildman–Crippen LogP) is 14.1. The molecule has 0 aromatic rings. The Morgan fingerprint density at radius 2 is 0.881 bits per heavy atom. The maximum atomic E-state index is 12.7. The molecule has 0 aromatic carbocycles. The van der Waals surface area contributed by atoms with Crippen molar-refractivity contribution in [1.82, 2.24) is 0 Å². The van der Waals surface area contributed by atoms with Gasteiger partial charge in [-0.3, -0.25) is 18.6 Å². The molecule has 0 spiro atoms. The van der Waals surface area contributed by atoms with Crippen LogP contribution < -0.4 is 5.73 Å². The molecule has 59 heavy (non-hydrogen) atoms. The van der Waals surface area contributed by atoms with Gasteiger partial charge in [0.25, 0.3) is 0 Å². The molecule has 0 radical (unpaired) electrons. The van der Waals surface area contributed by atoms with Gasteiger partial charge in [-0.2, -0.15) is 0 Å². The molecule has 0 saturated carbocycles. The first-order chi connectivity index (χ1) is 28.7. The SMILES string of the molecule is CCCCCCC/C=C\CCCCCCCCOCC(COP(=O)(O)OCC(N)C(=O)O)OC(=O)CCCCCCCCCCCCCCCCCCCCCCCC. The fraction of sp³-hybridized carbons (Fsp3) is 0.917. The summed E-state index contributed by atoms with van der Waals surface area (Å²) in [6, 6.07) is -1.47. The van der Waals surface area contributed by atoms with Gasteiger partial charge < -0.3 is 25.2 Å². The van der Waals surface area contributed by atoms with E-state index in [-0.39, 0.29) is 13.0 Å². The largest absolute Gasteiger partial charge is 0.480 e. The highest BCUT2D eigenvalue weighted by Gasteiger charge is 2.27. The second-order valence-corrected chi connectivity index (χ2v) is 18.4. The first-order valence-electron chi connectivity index (χ1n) is 24.7. The summed E-state index contributed by atoms with van der Waals surface area (Å²) in [6.07, 6.45) is 48.4. The van der Waals surface area contributed by atoms with Gasteiger partial charge in [0.2, 0.25) is 0 Å². The number of carboxylic acid groups (broad SMARTS) is 1. The maximum Gasteiger partial charge on any atom is 0.472 e. The zero-order chi connectivity index (χ0) is 43.3. The van der Waals surface area contributed by atoms with E-state index >= 15 is 0 Å². The number of carbonyl (C=O) groups excluding carboxylic acids is 1. The highest BCUT2D eigenvalue weighted by Crippen LogP contribution is 2.43. The van der Waals surface area contributed by atoms with E-state index in [0.29, 0.717) is 6.61 Å². The van der Waals surface area contributed by atoms with Gasteiger partial charge in [-0.05, 0) is 38.5 Å². The number of rotatable bonds is 48. The Bertz CT molecular complexity index is 998. The van der Waals surface area contributed by atoms with Crippen LogP contribution in [0.3, 0.4) is 0 Å². The Balaban J connectivity index is 4.10. The fourth-order valence-corrected chi connectivity index (χ4v) is 7.97. The van der Waals surface area contributed by atoms with Gasteiger partial charge in [-0.15, -0.1) is 0 Å². The minimum Gasteiger partial charge on any atom is -0.480 e. The number of nitrogens with two attached hydrogens (primary N) is 1. The lowest BCUT2D eigenvalue weighted by atomic mass is 10.0. The Morgan fingerprint density at radius 1 is 0.525 bits per heavy atom. The number of carbonyl (C=O) groups is 2. The molecule has 0 aliphatic carbocycles. The van der Waals surface area contributed by atoms with E-state index in [9.17, 15) is 19.0 Å². The van der Waals surface area contributed by atoms with Gasteiger partial charge in [0.1, 0.15) is 12.1 Å². The maximum absolute atomic E-state index is 12.7. The highest BCUT2D eigenvalue weighted by molar-refractivity contribution is 7.47. The molecule has 0 heterocycles. The van der Waals surface area contributed by atoms with Crippen molar-refractivity contribution < 1.29 is 42.7 Å². The van der Waals surface area contributed by atoms with Crippen LogP contribution in [0.5, 0.6) is 0 Å². The van der Waals surface area contributed by atoms with Crippen LogP contribution in [0.25, 0.3) is 0 Å². The van der Waals surface area contributed by atoms with E-state index in [1.165, 1.54) is 180 Å². The fourth-order valence-electron chi connectivity index (χ4n) is 7.19. The third-order valence-electron chi connectivity index (χ3n) is 11.0. The molecule has 3 unspecified atom stereocenters. The predicted molar refractivity (Wildman–Crippen MR) is 245 cm³/mol. The summed E-state index contributed by atoms with van der Waals surface area (Å²) in [5.74, 6) is -1.77. The summed E-state index contributed by atoms with van der Waals surface area (Å²) in [4.78, 5) is 33.6. The van der Waals surface area contributed by atoms with Crippen molar-refractivity contribution >= 4 is 19.8 Å². The Labute approximate surface area is 362 Å². The van der Waals surface area contributed by atoms with E-state index in [1.807, 2.05) is 0 Å². The molecule has 0 aromatic heterocycles. The number of ether oxygens (including phenoxy) is 2. The van der Waals surface area contributed by atoms with Crippen molar-refractivity contribution in [3.8, 4) is 0 Å². The van der Waals surface area contributed by atoms with Crippen LogP contribution in [0.4, 0.5) is 0 Å². The van der Waals surface area contributed by atoms with Crippen molar-refractivity contribution in [2.45, 2.75) is 257 Å². The molecule has 0 fully saturated rings. The number of phosphoric acid groups is 1. The van der Waals surface area contributed by atoms with E-state index in [2.05, 4.69) is 26.0 Å². The third-order valence-corrected chi connectivity index (χ3v) is 12.0. The molecular weight excluding hydrogens is 765 g/mol. The van der Waals surface area contributed by atoms with Crippen LogP contribution in [-0.4, -0.2) is 60.5 Å². The van der Waals surface area contributed by atoms with Crippen LogP contribution in [-0.2, 0) is 32.7 Å². The van der Waals surface area contributed by atoms with Crippen molar-refractivity contribution in [3.05, 3.63) is 12.2 Å². The number of carboxylic acids is 1. The number of unbranched alkanes of at least 4 members (excludes halogenated alkanes) is 32. The number of phosphoric ester groups is 1. The van der Waals surface area contributed by atoms with Gasteiger partial charge >= 0.3 is 19.8 Å². The van der Waals surface area contributed by atoms with Gasteiger partial charge in [0, 0.05) is 13.0 Å². The topological polar surface area (TPSA) is 155 Å². The van der Waals surface area contributed by atoms with Crippen LogP contribution in [0.15, 0.2) is 12.2 Å². The molecule has 0 saturated heterocycles. The third kappa shape index (κ3) is 44.6. The van der Waals surface area contributed by atoms with Crippen LogP contribution in [0, 0.1) is 0 Å². The standard InChI is InChI=1S/C48H94NO9P/c1-3-5-7-9-11-13-15-17-19-20-21-22-23-24-25-26-28-30-32-34-36-38-40-47(50)58-45(43-56-59(53,54)57-44-46(49)48(51)52)42-55-41-39-37-35-33-31-29-27-18-16-14-12-10-8-6-4-2/h16,18,45-46H,3-15,17,19-44,49H2,1-2H3,(H,51,52)(H,53,54)/b18-16-. The second kappa shape index (κ2) is 44.8. The first kappa shape index (κ1) is 57.7. The molecule has 4 N–H and O–H groups in total. The molecular formula is C48H94NO9P.